The molecule has 1 atom stereocenters. The number of likely N-dealkylation sites (tertiary alicyclic amines) is 1. The van der Waals surface area contributed by atoms with Gasteiger partial charge in [0.1, 0.15) is 9.71 Å². The maximum atomic E-state index is 13.1. The Bertz CT molecular complexity index is 1220. The summed E-state index contributed by atoms with van der Waals surface area (Å²) in [6, 6.07) is 10.6. The molecule has 3 aromatic rings. The summed E-state index contributed by atoms with van der Waals surface area (Å²) in [5.74, 6) is -0.425. The van der Waals surface area contributed by atoms with Crippen LogP contribution in [0.4, 0.5) is 21.9 Å². The first kappa shape index (κ1) is 19.3. The van der Waals surface area contributed by atoms with Gasteiger partial charge in [0.25, 0.3) is 5.91 Å². The summed E-state index contributed by atoms with van der Waals surface area (Å²) in [6.07, 6.45) is 3.59. The van der Waals surface area contributed by atoms with Crippen molar-refractivity contribution in [2.24, 2.45) is 0 Å². The van der Waals surface area contributed by atoms with Crippen LogP contribution in [0.15, 0.2) is 55.3 Å². The lowest BCUT2D eigenvalue weighted by Crippen LogP contribution is -2.39. The Morgan fingerprint density at radius 3 is 2.84 bits per heavy atom. The summed E-state index contributed by atoms with van der Waals surface area (Å²) in [4.78, 5) is 46.6. The largest absolute Gasteiger partial charge is 0.347 e. The van der Waals surface area contributed by atoms with Crippen LogP contribution in [0.5, 0.6) is 0 Å². The van der Waals surface area contributed by atoms with Crippen LogP contribution in [0, 0.1) is 0 Å². The molecule has 2 aromatic heterocycles. The third-order valence-corrected chi connectivity index (χ3v) is 6.57. The van der Waals surface area contributed by atoms with Gasteiger partial charge in [-0.15, -0.1) is 11.3 Å². The molecule has 4 heterocycles. The Morgan fingerprint density at radius 1 is 1.26 bits per heavy atom. The molecule has 2 aliphatic heterocycles. The van der Waals surface area contributed by atoms with Crippen molar-refractivity contribution in [1.29, 1.82) is 0 Å². The van der Waals surface area contributed by atoms with Gasteiger partial charge in [-0.1, -0.05) is 24.8 Å². The van der Waals surface area contributed by atoms with Crippen LogP contribution in [-0.2, 0) is 4.79 Å². The highest BCUT2D eigenvalue weighted by Crippen LogP contribution is 2.45. The Morgan fingerprint density at radius 2 is 2.06 bits per heavy atom. The minimum absolute atomic E-state index is 0.143. The number of para-hydroxylation sites is 1. The average molecular weight is 433 g/mol. The fraction of sp³-hybridized carbons (Fsp3) is 0.182. The maximum absolute atomic E-state index is 13.1. The predicted molar refractivity (Wildman–Crippen MR) is 120 cm³/mol. The quantitative estimate of drug-likeness (QED) is 0.616. The first-order chi connectivity index (χ1) is 15.1. The van der Waals surface area contributed by atoms with Crippen molar-refractivity contribution in [1.82, 2.24) is 15.2 Å². The molecule has 5 rings (SSSR count). The summed E-state index contributed by atoms with van der Waals surface area (Å²) in [6.45, 7) is 4.52. The predicted octanol–water partition coefficient (Wildman–Crippen LogP) is 3.50. The minimum Gasteiger partial charge on any atom is -0.347 e. The van der Waals surface area contributed by atoms with E-state index in [2.05, 4.69) is 22.2 Å². The van der Waals surface area contributed by atoms with Crippen LogP contribution in [0.25, 0.3) is 10.2 Å². The van der Waals surface area contributed by atoms with Crippen LogP contribution in [-0.4, -0.2) is 46.9 Å². The van der Waals surface area contributed by atoms with Crippen molar-refractivity contribution >= 4 is 56.5 Å². The second kappa shape index (κ2) is 7.51. The monoisotopic (exact) mass is 433 g/mol. The Kier molecular flexibility index (Phi) is 4.67. The molecule has 156 valence electrons. The lowest BCUT2D eigenvalue weighted by Gasteiger charge is -2.28. The van der Waals surface area contributed by atoms with E-state index in [1.165, 1.54) is 17.4 Å². The molecule has 8 nitrogen and oxygen atoms in total. The third-order valence-electron chi connectivity index (χ3n) is 5.48. The maximum Gasteiger partial charge on any atom is 0.331 e. The molecule has 0 bridgehead atoms. The highest BCUT2D eigenvalue weighted by molar-refractivity contribution is 7.21. The van der Waals surface area contributed by atoms with E-state index in [0.717, 1.165) is 11.1 Å². The highest BCUT2D eigenvalue weighted by Gasteiger charge is 2.34. The number of hydrogen-bond donors (Lipinski definition) is 2. The number of nitrogens with zero attached hydrogens (tertiary/aromatic N) is 3. The lowest BCUT2D eigenvalue weighted by molar-refractivity contribution is -0.125. The number of pyridine rings is 1. The number of hydrogen-bond acceptors (Lipinski definition) is 5. The summed E-state index contributed by atoms with van der Waals surface area (Å²) < 4.78 is 0. The second-order valence-electron chi connectivity index (χ2n) is 7.36. The van der Waals surface area contributed by atoms with Crippen LogP contribution in [0.2, 0.25) is 0 Å². The van der Waals surface area contributed by atoms with Crippen molar-refractivity contribution in [2.75, 3.05) is 23.3 Å². The van der Waals surface area contributed by atoms with Crippen molar-refractivity contribution in [2.45, 2.75) is 12.5 Å². The molecule has 31 heavy (non-hydrogen) atoms. The molecule has 2 N–H and O–H groups in total. The molecule has 0 saturated carbocycles. The molecule has 9 heteroatoms. The number of benzene rings is 1. The van der Waals surface area contributed by atoms with E-state index in [4.69, 9.17) is 0 Å². The molecule has 4 amide bonds. The van der Waals surface area contributed by atoms with Gasteiger partial charge >= 0.3 is 6.03 Å². The van der Waals surface area contributed by atoms with Gasteiger partial charge in [-0.05, 0) is 30.7 Å². The van der Waals surface area contributed by atoms with Crippen molar-refractivity contribution < 1.29 is 14.4 Å². The normalized spacial score (nSPS) is 17.5. The minimum atomic E-state index is -0.331. The Balaban J connectivity index is 1.48. The second-order valence-corrected chi connectivity index (χ2v) is 8.36. The van der Waals surface area contributed by atoms with Gasteiger partial charge in [0.2, 0.25) is 5.91 Å². The molecule has 0 spiro atoms. The number of carbonyl (C=O) groups is 3. The zero-order valence-corrected chi connectivity index (χ0v) is 17.3. The van der Waals surface area contributed by atoms with E-state index in [-0.39, 0.29) is 23.9 Å². The fourth-order valence-corrected chi connectivity index (χ4v) is 5.06. The number of amides is 4. The van der Waals surface area contributed by atoms with E-state index in [1.54, 1.807) is 22.1 Å². The lowest BCUT2D eigenvalue weighted by atomic mass is 10.1. The van der Waals surface area contributed by atoms with Crippen molar-refractivity contribution in [3.8, 4) is 0 Å². The smallest absolute Gasteiger partial charge is 0.331 e. The molecule has 0 aliphatic carbocycles. The molecular weight excluding hydrogens is 414 g/mol. The molecule has 2 aliphatic rings. The molecule has 1 unspecified atom stereocenters. The number of aromatic nitrogens is 1. The van der Waals surface area contributed by atoms with Gasteiger partial charge in [0, 0.05) is 25.3 Å². The van der Waals surface area contributed by atoms with Gasteiger partial charge < -0.3 is 15.5 Å². The molecule has 1 saturated heterocycles. The number of anilines is 3. The van der Waals surface area contributed by atoms with Gasteiger partial charge in [-0.25, -0.2) is 9.78 Å². The van der Waals surface area contributed by atoms with E-state index in [1.807, 2.05) is 30.3 Å². The van der Waals surface area contributed by atoms with Crippen molar-refractivity contribution in [3.63, 3.8) is 0 Å². The van der Waals surface area contributed by atoms with E-state index in [0.29, 0.717) is 40.6 Å². The number of thiophene rings is 1. The van der Waals surface area contributed by atoms with Gasteiger partial charge in [0.05, 0.1) is 22.4 Å². The Hall–Kier alpha value is -3.72. The van der Waals surface area contributed by atoms with Gasteiger partial charge in [-0.2, -0.15) is 0 Å². The molecule has 0 radical (unpaired) electrons. The standard InChI is InChI=1S/C22H19N5O3S/c1-2-16(28)26-11-9-13(12-26)24-20(29)19-18-17-15(8-10-23-21(17)31-19)27(22(30)25-18)14-6-4-3-5-7-14/h2-8,10,13H,1,9,11-12H2,(H,24,29)(H,25,30). The zero-order chi connectivity index (χ0) is 21.5. The van der Waals surface area contributed by atoms with Crippen LogP contribution in [0.3, 0.4) is 0 Å². The van der Waals surface area contributed by atoms with Crippen LogP contribution in [0.1, 0.15) is 16.1 Å². The molecule has 1 aromatic carbocycles. The first-order valence-electron chi connectivity index (χ1n) is 9.86. The van der Waals surface area contributed by atoms with Gasteiger partial charge in [0.15, 0.2) is 0 Å². The van der Waals surface area contributed by atoms with Gasteiger partial charge in [-0.3, -0.25) is 14.5 Å². The third kappa shape index (κ3) is 3.23. The topological polar surface area (TPSA) is 94.6 Å². The fourth-order valence-electron chi connectivity index (χ4n) is 4.04. The SMILES string of the molecule is C=CC(=O)N1CCC(NC(=O)c2sc3nccc4c3c2NC(=O)N4c2ccccc2)C1. The van der Waals surface area contributed by atoms with E-state index >= 15 is 0 Å². The Labute approximate surface area is 182 Å². The number of rotatable bonds is 4. The number of urea groups is 1. The summed E-state index contributed by atoms with van der Waals surface area (Å²) in [5.41, 5.74) is 1.90. The van der Waals surface area contributed by atoms with E-state index in [9.17, 15) is 14.4 Å². The summed E-state index contributed by atoms with van der Waals surface area (Å²) in [7, 11) is 0. The summed E-state index contributed by atoms with van der Waals surface area (Å²) >= 11 is 1.24. The molecule has 1 fully saturated rings. The number of carbonyl (C=O) groups excluding carboxylic acids is 3. The summed E-state index contributed by atoms with van der Waals surface area (Å²) in [5, 5.41) is 6.62. The first-order valence-corrected chi connectivity index (χ1v) is 10.7. The van der Waals surface area contributed by atoms with Crippen molar-refractivity contribution in [3.05, 3.63) is 60.1 Å². The zero-order valence-electron chi connectivity index (χ0n) is 16.5. The number of nitrogens with one attached hydrogen (secondary N) is 2. The van der Waals surface area contributed by atoms with Crippen LogP contribution < -0.4 is 15.5 Å². The highest BCUT2D eigenvalue weighted by atomic mass is 32.1. The average Bonchev–Trinajstić information content (AvgIpc) is 3.40. The van der Waals surface area contributed by atoms with E-state index < -0.39 is 0 Å². The van der Waals surface area contributed by atoms with Crippen LogP contribution >= 0.6 is 11.3 Å². The molecular formula is C22H19N5O3S.